The predicted octanol–water partition coefficient (Wildman–Crippen LogP) is 4.06. The van der Waals surface area contributed by atoms with Gasteiger partial charge in [-0.3, -0.25) is 9.59 Å². The van der Waals surface area contributed by atoms with Crippen LogP contribution in [0.1, 0.15) is 34.3 Å². The Morgan fingerprint density at radius 1 is 0.967 bits per heavy atom. The minimum atomic E-state index is -5.02. The van der Waals surface area contributed by atoms with Crippen LogP contribution < -0.4 is 5.32 Å². The number of hydrogen-bond donors (Lipinski definition) is 1. The fourth-order valence-corrected chi connectivity index (χ4v) is 2.25. The highest BCUT2D eigenvalue weighted by Gasteiger charge is 2.39. The molecule has 156 valence electrons. The van der Waals surface area contributed by atoms with E-state index in [1.54, 1.807) is 0 Å². The maximum Gasteiger partial charge on any atom is 0.450 e. The largest absolute Gasteiger partial charge is 0.450 e. The van der Waals surface area contributed by atoms with E-state index in [9.17, 15) is 27.6 Å². The van der Waals surface area contributed by atoms with Gasteiger partial charge in [0, 0.05) is 24.1 Å². The second kappa shape index (κ2) is 10.8. The van der Waals surface area contributed by atoms with Crippen LogP contribution in [0.5, 0.6) is 0 Å². The molecule has 1 N–H and O–H groups in total. The number of carbonyl (C=O) groups excluding carboxylic acids is 3. The second-order valence-electron chi connectivity index (χ2n) is 6.14. The number of ether oxygens (including phenoxy) is 1. The summed E-state index contributed by atoms with van der Waals surface area (Å²) in [6.07, 6.45) is -6.46. The van der Waals surface area contributed by atoms with Gasteiger partial charge in [-0.25, -0.2) is 4.79 Å². The van der Waals surface area contributed by atoms with Crippen molar-refractivity contribution in [1.82, 2.24) is 5.32 Å². The number of ketones is 2. The van der Waals surface area contributed by atoms with Crippen LogP contribution in [0.2, 0.25) is 0 Å². The fourth-order valence-electron chi connectivity index (χ4n) is 2.25. The molecule has 8 heteroatoms. The molecular weight excluding hydrogens is 399 g/mol. The van der Waals surface area contributed by atoms with Crippen molar-refractivity contribution in [3.63, 3.8) is 0 Å². The van der Waals surface area contributed by atoms with Crippen molar-refractivity contribution in [2.75, 3.05) is 6.54 Å². The molecule has 0 unspecified atom stereocenters. The minimum absolute atomic E-state index is 0.000906. The first-order valence-electron chi connectivity index (χ1n) is 8.92. The Labute approximate surface area is 171 Å². The highest BCUT2D eigenvalue weighted by Crippen LogP contribution is 2.19. The van der Waals surface area contributed by atoms with Gasteiger partial charge in [-0.1, -0.05) is 54.3 Å². The third-order valence-electron chi connectivity index (χ3n) is 3.81. The van der Waals surface area contributed by atoms with Crippen LogP contribution in [0, 0.1) is 11.8 Å². The highest BCUT2D eigenvalue weighted by atomic mass is 19.4. The Morgan fingerprint density at radius 2 is 1.63 bits per heavy atom. The Kier molecular flexibility index (Phi) is 8.18. The number of amides is 1. The van der Waals surface area contributed by atoms with Crippen LogP contribution in [0.25, 0.3) is 0 Å². The molecule has 0 aliphatic rings. The number of alkyl carbamates (subject to hydrolysis) is 1. The number of Topliss-reactive ketones (excluding diaryl/α,β-unsaturated/α-hetero) is 2. The van der Waals surface area contributed by atoms with Gasteiger partial charge in [-0.15, -0.1) is 0 Å². The summed E-state index contributed by atoms with van der Waals surface area (Å²) < 4.78 is 41.7. The molecule has 2 aromatic carbocycles. The van der Waals surface area contributed by atoms with E-state index >= 15 is 0 Å². The van der Waals surface area contributed by atoms with Gasteiger partial charge in [-0.2, -0.15) is 13.2 Å². The van der Waals surface area contributed by atoms with Crippen molar-refractivity contribution in [2.24, 2.45) is 0 Å². The predicted molar refractivity (Wildman–Crippen MR) is 103 cm³/mol. The molecule has 0 heterocycles. The molecule has 0 bridgehead atoms. The number of carbonyl (C=O) groups is 3. The number of halogens is 3. The average Bonchev–Trinajstić information content (AvgIpc) is 2.72. The molecule has 0 fully saturated rings. The summed E-state index contributed by atoms with van der Waals surface area (Å²) in [7, 11) is 0. The van der Waals surface area contributed by atoms with Crippen LogP contribution in [0.3, 0.4) is 0 Å². The summed E-state index contributed by atoms with van der Waals surface area (Å²) in [6, 6.07) is 14.8. The molecule has 1 amide bonds. The van der Waals surface area contributed by atoms with Crippen LogP contribution in [0.4, 0.5) is 18.0 Å². The average molecular weight is 417 g/mol. The first-order chi connectivity index (χ1) is 14.3. The van der Waals surface area contributed by atoms with E-state index in [0.29, 0.717) is 12.0 Å². The quantitative estimate of drug-likeness (QED) is 0.319. The van der Waals surface area contributed by atoms with Crippen molar-refractivity contribution < 1.29 is 32.3 Å². The first-order valence-corrected chi connectivity index (χ1v) is 8.92. The fraction of sp³-hybridized carbons (Fsp3) is 0.227. The summed E-state index contributed by atoms with van der Waals surface area (Å²) >= 11 is 0. The van der Waals surface area contributed by atoms with Gasteiger partial charge in [0.05, 0.1) is 6.42 Å². The number of alkyl halides is 3. The lowest BCUT2D eigenvalue weighted by Crippen LogP contribution is -2.25. The van der Waals surface area contributed by atoms with Crippen LogP contribution in [0.15, 0.2) is 54.6 Å². The number of benzene rings is 2. The van der Waals surface area contributed by atoms with E-state index in [0.717, 1.165) is 5.56 Å². The zero-order valence-corrected chi connectivity index (χ0v) is 15.8. The Bertz CT molecular complexity index is 942. The summed E-state index contributed by atoms with van der Waals surface area (Å²) in [6.45, 7) is 0.439. The molecule has 5 nitrogen and oxygen atoms in total. The molecule has 2 aromatic rings. The van der Waals surface area contributed by atoms with E-state index in [4.69, 9.17) is 4.74 Å². The molecule has 0 saturated carbocycles. The third-order valence-corrected chi connectivity index (χ3v) is 3.81. The smallest absolute Gasteiger partial charge is 0.445 e. The van der Waals surface area contributed by atoms with Crippen LogP contribution >= 0.6 is 0 Å². The first kappa shape index (κ1) is 22.7. The van der Waals surface area contributed by atoms with Gasteiger partial charge in [0.15, 0.2) is 5.78 Å². The molecule has 0 aliphatic carbocycles. The molecule has 0 atom stereocenters. The van der Waals surface area contributed by atoms with Gasteiger partial charge >= 0.3 is 12.3 Å². The van der Waals surface area contributed by atoms with E-state index in [-0.39, 0.29) is 18.7 Å². The molecule has 30 heavy (non-hydrogen) atoms. The lowest BCUT2D eigenvalue weighted by atomic mass is 10.0. The molecule has 0 spiro atoms. The zero-order chi connectivity index (χ0) is 22.0. The maximum atomic E-state index is 12.2. The second-order valence-corrected chi connectivity index (χ2v) is 6.14. The summed E-state index contributed by atoms with van der Waals surface area (Å²) in [4.78, 5) is 34.2. The van der Waals surface area contributed by atoms with E-state index in [1.807, 2.05) is 30.3 Å². The standard InChI is InChI=1S/C22H18F3NO4/c23-22(24,25)20(28)14-19(27)18-11-9-16(10-12-18)6-4-5-13-26-21(29)30-15-17-7-2-1-3-8-17/h1-3,7-12H,5,13-15H2,(H,26,29). The highest BCUT2D eigenvalue weighted by molar-refractivity contribution is 6.09. The lowest BCUT2D eigenvalue weighted by Gasteiger charge is -2.05. The van der Waals surface area contributed by atoms with Crippen molar-refractivity contribution in [3.05, 3.63) is 71.3 Å². The molecule has 0 aromatic heterocycles. The van der Waals surface area contributed by atoms with E-state index < -0.39 is 30.3 Å². The molecular formula is C22H18F3NO4. The Hall–Kier alpha value is -3.60. The summed E-state index contributed by atoms with van der Waals surface area (Å²) in [5.41, 5.74) is 1.42. The molecule has 2 rings (SSSR count). The van der Waals surface area contributed by atoms with Crippen molar-refractivity contribution in [2.45, 2.75) is 25.6 Å². The normalized spacial score (nSPS) is 10.5. The lowest BCUT2D eigenvalue weighted by molar-refractivity contribution is -0.170. The number of rotatable bonds is 7. The van der Waals surface area contributed by atoms with Crippen molar-refractivity contribution in [1.29, 1.82) is 0 Å². The minimum Gasteiger partial charge on any atom is -0.445 e. The zero-order valence-electron chi connectivity index (χ0n) is 15.8. The SMILES string of the molecule is O=C(NCCC#Cc1ccc(C(=O)CC(=O)C(F)(F)F)cc1)OCc1ccccc1. The Balaban J connectivity index is 1.73. The molecule has 0 aliphatic heterocycles. The van der Waals surface area contributed by atoms with Gasteiger partial charge in [-0.05, 0) is 17.7 Å². The van der Waals surface area contributed by atoms with Crippen molar-refractivity contribution >= 4 is 17.7 Å². The Morgan fingerprint density at radius 3 is 2.27 bits per heavy atom. The third kappa shape index (κ3) is 7.80. The van der Waals surface area contributed by atoms with Gasteiger partial charge in [0.1, 0.15) is 6.61 Å². The van der Waals surface area contributed by atoms with E-state index in [1.165, 1.54) is 24.3 Å². The van der Waals surface area contributed by atoms with Crippen LogP contribution in [-0.4, -0.2) is 30.4 Å². The topological polar surface area (TPSA) is 72.5 Å². The monoisotopic (exact) mass is 417 g/mol. The number of nitrogens with one attached hydrogen (secondary N) is 1. The molecule has 0 radical (unpaired) electrons. The summed E-state index contributed by atoms with van der Waals surface area (Å²) in [5.74, 6) is 2.65. The van der Waals surface area contributed by atoms with Gasteiger partial charge in [0.25, 0.3) is 0 Å². The van der Waals surface area contributed by atoms with Crippen LogP contribution in [-0.2, 0) is 16.1 Å². The van der Waals surface area contributed by atoms with Gasteiger partial charge in [0.2, 0.25) is 5.78 Å². The van der Waals surface area contributed by atoms with Gasteiger partial charge < -0.3 is 10.1 Å². The molecule has 0 saturated heterocycles. The van der Waals surface area contributed by atoms with Crippen molar-refractivity contribution in [3.8, 4) is 11.8 Å². The maximum absolute atomic E-state index is 12.2. The van der Waals surface area contributed by atoms with E-state index in [2.05, 4.69) is 17.2 Å². The summed E-state index contributed by atoms with van der Waals surface area (Å²) in [5, 5.41) is 2.56. The number of hydrogen-bond acceptors (Lipinski definition) is 4.